The second kappa shape index (κ2) is 5.81. The lowest BCUT2D eigenvalue weighted by Gasteiger charge is -2.22. The minimum atomic E-state index is -3.41. The molecule has 0 aromatic carbocycles. The lowest BCUT2D eigenvalue weighted by atomic mass is 10.2. The molecule has 7 heteroatoms. The van der Waals surface area contributed by atoms with Crippen molar-refractivity contribution >= 4 is 20.9 Å². The van der Waals surface area contributed by atoms with Crippen LogP contribution in [0.25, 0.3) is 11.0 Å². The molecule has 1 aliphatic rings. The van der Waals surface area contributed by atoms with E-state index in [-0.39, 0.29) is 15.7 Å². The number of piperidine rings is 1. The van der Waals surface area contributed by atoms with Crippen LogP contribution in [0.4, 0.5) is 0 Å². The quantitative estimate of drug-likeness (QED) is 0.880. The van der Waals surface area contributed by atoms with E-state index in [1.54, 1.807) is 6.07 Å². The van der Waals surface area contributed by atoms with E-state index >= 15 is 0 Å². The molecule has 1 fully saturated rings. The first-order valence-corrected chi connectivity index (χ1v) is 9.03. The van der Waals surface area contributed by atoms with E-state index in [1.807, 2.05) is 6.92 Å². The predicted octanol–water partition coefficient (Wildman–Crippen LogP) is 1.01. The Morgan fingerprint density at radius 1 is 1.27 bits per heavy atom. The number of pyridine rings is 2. The molecule has 22 heavy (non-hydrogen) atoms. The van der Waals surface area contributed by atoms with Gasteiger partial charge in [-0.15, -0.1) is 0 Å². The number of aromatic amines is 1. The monoisotopic (exact) mass is 321 g/mol. The van der Waals surface area contributed by atoms with Crippen LogP contribution in [0.2, 0.25) is 0 Å². The van der Waals surface area contributed by atoms with E-state index in [2.05, 4.69) is 15.3 Å². The molecule has 0 amide bonds. The SMILES string of the molecule is CCc1cc2ncc(S(=O)(=O)C3CCNCC3)cc2[nH]c1=O. The lowest BCUT2D eigenvalue weighted by molar-refractivity contribution is 0.496. The zero-order valence-corrected chi connectivity index (χ0v) is 13.2. The first-order chi connectivity index (χ1) is 10.5. The number of H-pyrrole nitrogens is 1. The molecule has 2 aromatic heterocycles. The number of aryl methyl sites for hydroxylation is 1. The average molecular weight is 321 g/mol. The van der Waals surface area contributed by atoms with Gasteiger partial charge in [0.2, 0.25) is 0 Å². The van der Waals surface area contributed by atoms with Crippen molar-refractivity contribution < 1.29 is 8.42 Å². The molecule has 0 saturated carbocycles. The summed E-state index contributed by atoms with van der Waals surface area (Å²) in [4.78, 5) is 19.0. The molecule has 0 atom stereocenters. The van der Waals surface area contributed by atoms with Gasteiger partial charge in [-0.3, -0.25) is 9.78 Å². The van der Waals surface area contributed by atoms with Gasteiger partial charge in [-0.1, -0.05) is 6.92 Å². The highest BCUT2D eigenvalue weighted by Crippen LogP contribution is 2.23. The number of nitrogens with one attached hydrogen (secondary N) is 2. The standard InChI is InChI=1S/C15H19N3O3S/c1-2-10-7-13-14(18-15(10)19)8-12(9-17-13)22(20,21)11-3-5-16-6-4-11/h7-9,11,16H,2-6H2,1H3,(H,18,19). The molecule has 2 N–H and O–H groups in total. The van der Waals surface area contributed by atoms with Crippen LogP contribution in [0.15, 0.2) is 28.0 Å². The molecular formula is C15H19N3O3S. The molecule has 118 valence electrons. The summed E-state index contributed by atoms with van der Waals surface area (Å²) in [5.74, 6) is 0. The van der Waals surface area contributed by atoms with Crippen molar-refractivity contribution in [2.45, 2.75) is 36.3 Å². The van der Waals surface area contributed by atoms with Crippen LogP contribution in [-0.4, -0.2) is 36.7 Å². The van der Waals surface area contributed by atoms with E-state index in [0.717, 1.165) is 0 Å². The van der Waals surface area contributed by atoms with E-state index in [0.29, 0.717) is 48.9 Å². The van der Waals surface area contributed by atoms with Gasteiger partial charge in [-0.25, -0.2) is 8.42 Å². The third-order valence-corrected chi connectivity index (χ3v) is 6.41. The maximum atomic E-state index is 12.7. The summed E-state index contributed by atoms with van der Waals surface area (Å²) in [6.45, 7) is 3.32. The maximum absolute atomic E-state index is 12.7. The molecule has 0 aliphatic carbocycles. The molecule has 0 spiro atoms. The van der Waals surface area contributed by atoms with E-state index in [1.165, 1.54) is 12.3 Å². The van der Waals surface area contributed by atoms with Gasteiger partial charge >= 0.3 is 0 Å². The zero-order valence-electron chi connectivity index (χ0n) is 12.4. The zero-order chi connectivity index (χ0) is 15.7. The van der Waals surface area contributed by atoms with Gasteiger partial charge in [0.25, 0.3) is 5.56 Å². The Labute approximate surface area is 128 Å². The summed E-state index contributed by atoms with van der Waals surface area (Å²) < 4.78 is 25.4. The molecule has 0 bridgehead atoms. The summed E-state index contributed by atoms with van der Waals surface area (Å²) >= 11 is 0. The molecule has 1 aliphatic heterocycles. The molecule has 3 heterocycles. The van der Waals surface area contributed by atoms with Gasteiger partial charge in [0, 0.05) is 11.8 Å². The number of aromatic nitrogens is 2. The average Bonchev–Trinajstić information content (AvgIpc) is 2.54. The number of rotatable bonds is 3. The normalized spacial score (nSPS) is 17.0. The van der Waals surface area contributed by atoms with Crippen LogP contribution in [0.3, 0.4) is 0 Å². The summed E-state index contributed by atoms with van der Waals surface area (Å²) in [5.41, 5.74) is 1.54. The molecule has 1 saturated heterocycles. The number of nitrogens with zero attached hydrogens (tertiary/aromatic N) is 1. The highest BCUT2D eigenvalue weighted by Gasteiger charge is 2.29. The Hall–Kier alpha value is -1.73. The van der Waals surface area contributed by atoms with Crippen molar-refractivity contribution in [2.75, 3.05) is 13.1 Å². The van der Waals surface area contributed by atoms with Gasteiger partial charge < -0.3 is 10.3 Å². The third-order valence-electron chi connectivity index (χ3n) is 4.18. The van der Waals surface area contributed by atoms with E-state index in [4.69, 9.17) is 0 Å². The predicted molar refractivity (Wildman–Crippen MR) is 84.8 cm³/mol. The van der Waals surface area contributed by atoms with Gasteiger partial charge in [-0.05, 0) is 44.5 Å². The van der Waals surface area contributed by atoms with Crippen molar-refractivity contribution in [1.29, 1.82) is 0 Å². The van der Waals surface area contributed by atoms with Crippen molar-refractivity contribution in [1.82, 2.24) is 15.3 Å². The van der Waals surface area contributed by atoms with Crippen LogP contribution >= 0.6 is 0 Å². The summed E-state index contributed by atoms with van der Waals surface area (Å²) in [5, 5.41) is 2.78. The number of hydrogen-bond acceptors (Lipinski definition) is 5. The Balaban J connectivity index is 2.06. The molecular weight excluding hydrogens is 302 g/mol. The van der Waals surface area contributed by atoms with Gasteiger partial charge in [0.15, 0.2) is 9.84 Å². The Bertz CT molecular complexity index is 852. The Morgan fingerprint density at radius 3 is 2.68 bits per heavy atom. The van der Waals surface area contributed by atoms with Crippen LogP contribution < -0.4 is 10.9 Å². The fourth-order valence-electron chi connectivity index (χ4n) is 2.82. The lowest BCUT2D eigenvalue weighted by Crippen LogP contribution is -2.35. The number of sulfone groups is 1. The highest BCUT2D eigenvalue weighted by molar-refractivity contribution is 7.92. The van der Waals surface area contributed by atoms with Gasteiger partial charge in [0.05, 0.1) is 21.2 Å². The topological polar surface area (TPSA) is 91.9 Å². The second-order valence-electron chi connectivity index (χ2n) is 5.58. The molecule has 2 aromatic rings. The Morgan fingerprint density at radius 2 is 2.00 bits per heavy atom. The number of fused-ring (bicyclic) bond motifs is 1. The molecule has 0 unspecified atom stereocenters. The van der Waals surface area contributed by atoms with Crippen molar-refractivity contribution in [2.24, 2.45) is 0 Å². The van der Waals surface area contributed by atoms with E-state index in [9.17, 15) is 13.2 Å². The van der Waals surface area contributed by atoms with Crippen LogP contribution in [-0.2, 0) is 16.3 Å². The van der Waals surface area contributed by atoms with Gasteiger partial charge in [0.1, 0.15) is 0 Å². The summed E-state index contributed by atoms with van der Waals surface area (Å²) in [6.07, 6.45) is 3.22. The molecule has 6 nitrogen and oxygen atoms in total. The van der Waals surface area contributed by atoms with E-state index < -0.39 is 9.84 Å². The largest absolute Gasteiger partial charge is 0.320 e. The second-order valence-corrected chi connectivity index (χ2v) is 7.80. The van der Waals surface area contributed by atoms with Crippen LogP contribution in [0.1, 0.15) is 25.3 Å². The number of hydrogen-bond donors (Lipinski definition) is 2. The fraction of sp³-hybridized carbons (Fsp3) is 0.467. The van der Waals surface area contributed by atoms with Crippen molar-refractivity contribution in [3.63, 3.8) is 0 Å². The first-order valence-electron chi connectivity index (χ1n) is 7.49. The minimum Gasteiger partial charge on any atom is -0.320 e. The molecule has 0 radical (unpaired) electrons. The van der Waals surface area contributed by atoms with Crippen molar-refractivity contribution in [3.05, 3.63) is 34.2 Å². The van der Waals surface area contributed by atoms with Crippen molar-refractivity contribution in [3.8, 4) is 0 Å². The summed E-state index contributed by atoms with van der Waals surface area (Å²) in [6, 6.07) is 3.25. The first kappa shape index (κ1) is 15.2. The minimum absolute atomic E-state index is 0.187. The maximum Gasteiger partial charge on any atom is 0.251 e. The molecule has 3 rings (SSSR count). The summed E-state index contributed by atoms with van der Waals surface area (Å²) in [7, 11) is -3.41. The fourth-order valence-corrected chi connectivity index (χ4v) is 4.54. The van der Waals surface area contributed by atoms with Crippen LogP contribution in [0.5, 0.6) is 0 Å². The highest BCUT2D eigenvalue weighted by atomic mass is 32.2. The third kappa shape index (κ3) is 2.66. The van der Waals surface area contributed by atoms with Gasteiger partial charge in [-0.2, -0.15) is 0 Å². The Kier molecular flexibility index (Phi) is 4.01. The smallest absolute Gasteiger partial charge is 0.251 e. The van der Waals surface area contributed by atoms with Crippen LogP contribution in [0, 0.1) is 0 Å².